The Labute approximate surface area is 112 Å². The molecule has 0 aliphatic heterocycles. The lowest BCUT2D eigenvalue weighted by Crippen LogP contribution is -2.30. The first-order valence-electron chi connectivity index (χ1n) is 5.40. The number of carboxylic acids is 1. The zero-order valence-corrected chi connectivity index (χ0v) is 11.1. The van der Waals surface area contributed by atoms with Crippen molar-refractivity contribution in [1.82, 2.24) is 20.2 Å². The maximum atomic E-state index is 10.9. The third kappa shape index (κ3) is 4.72. The molecule has 0 saturated heterocycles. The molecule has 0 aromatic carbocycles. The zero-order valence-electron chi connectivity index (χ0n) is 10.3. The molecule has 0 saturated carbocycles. The highest BCUT2D eigenvalue weighted by Gasteiger charge is 2.08. The number of aromatic nitrogens is 4. The molecule has 2 aromatic heterocycles. The maximum absolute atomic E-state index is 10.9. The lowest BCUT2D eigenvalue weighted by atomic mass is 10.2. The second-order valence-corrected chi connectivity index (χ2v) is 4.58. The van der Waals surface area contributed by atoms with Crippen molar-refractivity contribution < 1.29 is 9.90 Å². The summed E-state index contributed by atoms with van der Waals surface area (Å²) in [6.07, 6.45) is 5.26. The minimum atomic E-state index is -0.913. The summed E-state index contributed by atoms with van der Waals surface area (Å²) in [6.45, 7) is 0. The van der Waals surface area contributed by atoms with Gasteiger partial charge >= 0.3 is 5.97 Å². The molecule has 8 nitrogen and oxygen atoms in total. The van der Waals surface area contributed by atoms with Gasteiger partial charge in [0.25, 0.3) is 5.56 Å². The average Bonchev–Trinajstić information content (AvgIpc) is 2.86. The molecule has 2 heterocycles. The number of carboxylic acid groups (broad SMARTS) is 1. The van der Waals surface area contributed by atoms with E-state index in [-0.39, 0.29) is 5.56 Å². The third-order valence-corrected chi connectivity index (χ3v) is 2.85. The van der Waals surface area contributed by atoms with Crippen LogP contribution in [0, 0.1) is 0 Å². The summed E-state index contributed by atoms with van der Waals surface area (Å²) in [4.78, 5) is 27.2. The van der Waals surface area contributed by atoms with E-state index in [1.807, 2.05) is 6.26 Å². The Morgan fingerprint density at radius 2 is 2.37 bits per heavy atom. The summed E-state index contributed by atoms with van der Waals surface area (Å²) < 4.78 is 0. The number of fused-ring (bicyclic) bond motifs is 1. The van der Waals surface area contributed by atoms with Gasteiger partial charge in [0, 0.05) is 0 Å². The summed E-state index contributed by atoms with van der Waals surface area (Å²) in [6, 6.07) is -0.683. The Morgan fingerprint density at radius 1 is 1.63 bits per heavy atom. The Hall–Kier alpha value is -1.87. The Morgan fingerprint density at radius 3 is 2.95 bits per heavy atom. The van der Waals surface area contributed by atoms with E-state index < -0.39 is 12.0 Å². The van der Waals surface area contributed by atoms with Crippen LogP contribution in [0.4, 0.5) is 0 Å². The van der Waals surface area contributed by atoms with Gasteiger partial charge in [-0.2, -0.15) is 16.9 Å². The van der Waals surface area contributed by atoms with E-state index in [0.717, 1.165) is 5.75 Å². The van der Waals surface area contributed by atoms with Crippen LogP contribution in [0.1, 0.15) is 6.42 Å². The number of rotatable bonds is 4. The lowest BCUT2D eigenvalue weighted by Gasteiger charge is -2.02. The van der Waals surface area contributed by atoms with Gasteiger partial charge in [0.2, 0.25) is 0 Å². The Bertz CT molecular complexity index is 582. The van der Waals surface area contributed by atoms with Gasteiger partial charge in [-0.1, -0.05) is 0 Å². The lowest BCUT2D eigenvalue weighted by molar-refractivity contribution is -0.138. The molecular formula is C10H15N5O3S. The fourth-order valence-electron chi connectivity index (χ4n) is 1.15. The highest BCUT2D eigenvalue weighted by molar-refractivity contribution is 7.98. The van der Waals surface area contributed by atoms with Crippen LogP contribution in [-0.4, -0.2) is 49.3 Å². The third-order valence-electron chi connectivity index (χ3n) is 2.20. The van der Waals surface area contributed by atoms with Crippen molar-refractivity contribution in [1.29, 1.82) is 0 Å². The molecule has 5 N–H and O–H groups in total. The number of nitrogens with two attached hydrogens (primary N) is 1. The van der Waals surface area contributed by atoms with E-state index in [1.54, 1.807) is 11.8 Å². The molecular weight excluding hydrogens is 270 g/mol. The number of hydrogen-bond donors (Lipinski definition) is 4. The average molecular weight is 285 g/mol. The molecule has 0 fully saturated rings. The van der Waals surface area contributed by atoms with Gasteiger partial charge in [0.15, 0.2) is 5.65 Å². The van der Waals surface area contributed by atoms with Crippen LogP contribution in [0.15, 0.2) is 17.3 Å². The summed E-state index contributed by atoms with van der Waals surface area (Å²) in [7, 11) is 0. The topological polar surface area (TPSA) is 138 Å². The summed E-state index contributed by atoms with van der Waals surface area (Å²) in [5, 5.41) is 15.0. The molecule has 2 rings (SSSR count). The number of hydrogen-bond acceptors (Lipinski definition) is 6. The SMILES string of the molecule is CSCC[C@H](N)C(=O)O.O=c1[nH]cnc2[nH]ncc12. The number of H-pyrrole nitrogens is 2. The van der Waals surface area contributed by atoms with Crippen molar-refractivity contribution in [2.75, 3.05) is 12.0 Å². The summed E-state index contributed by atoms with van der Waals surface area (Å²) >= 11 is 1.60. The predicted octanol–water partition coefficient (Wildman–Crippen LogP) is -0.202. The Kier molecular flexibility index (Phi) is 6.03. The first-order chi connectivity index (χ1) is 9.06. The first-order valence-corrected chi connectivity index (χ1v) is 6.79. The van der Waals surface area contributed by atoms with E-state index in [2.05, 4.69) is 20.2 Å². The predicted molar refractivity (Wildman–Crippen MR) is 73.1 cm³/mol. The van der Waals surface area contributed by atoms with Gasteiger partial charge < -0.3 is 15.8 Å². The molecule has 104 valence electrons. The van der Waals surface area contributed by atoms with Crippen LogP contribution in [0.5, 0.6) is 0 Å². The molecule has 9 heteroatoms. The van der Waals surface area contributed by atoms with Crippen molar-refractivity contribution in [2.45, 2.75) is 12.5 Å². The molecule has 0 aliphatic carbocycles. The molecule has 19 heavy (non-hydrogen) atoms. The second-order valence-electron chi connectivity index (χ2n) is 3.59. The van der Waals surface area contributed by atoms with Gasteiger partial charge in [-0.15, -0.1) is 0 Å². The molecule has 1 atom stereocenters. The highest BCUT2D eigenvalue weighted by atomic mass is 32.2. The van der Waals surface area contributed by atoms with Crippen LogP contribution < -0.4 is 11.3 Å². The number of aliphatic carboxylic acids is 1. The fraction of sp³-hybridized carbons (Fsp3) is 0.400. The molecule has 0 spiro atoms. The molecule has 0 unspecified atom stereocenters. The number of carbonyl (C=O) groups is 1. The smallest absolute Gasteiger partial charge is 0.320 e. The van der Waals surface area contributed by atoms with Crippen molar-refractivity contribution >= 4 is 28.8 Å². The van der Waals surface area contributed by atoms with Crippen LogP contribution in [0.2, 0.25) is 0 Å². The molecule has 0 amide bonds. The van der Waals surface area contributed by atoms with Crippen LogP contribution in [0.25, 0.3) is 11.0 Å². The number of nitrogens with one attached hydrogen (secondary N) is 2. The zero-order chi connectivity index (χ0) is 14.3. The van der Waals surface area contributed by atoms with E-state index >= 15 is 0 Å². The van der Waals surface area contributed by atoms with Crippen molar-refractivity contribution in [2.24, 2.45) is 5.73 Å². The molecule has 0 radical (unpaired) electrons. The largest absolute Gasteiger partial charge is 0.480 e. The minimum absolute atomic E-state index is 0.168. The van der Waals surface area contributed by atoms with Gasteiger partial charge in [-0.05, 0) is 18.4 Å². The quantitative estimate of drug-likeness (QED) is 0.610. The van der Waals surface area contributed by atoms with Gasteiger partial charge in [-0.25, -0.2) is 4.98 Å². The fourth-order valence-corrected chi connectivity index (χ4v) is 1.64. The van der Waals surface area contributed by atoms with Crippen LogP contribution in [-0.2, 0) is 4.79 Å². The van der Waals surface area contributed by atoms with Crippen molar-refractivity contribution in [3.8, 4) is 0 Å². The summed E-state index contributed by atoms with van der Waals surface area (Å²) in [5.74, 6) is -0.1000. The minimum Gasteiger partial charge on any atom is -0.480 e. The maximum Gasteiger partial charge on any atom is 0.320 e. The second kappa shape index (κ2) is 7.54. The molecule has 0 aliphatic rings. The highest BCUT2D eigenvalue weighted by Crippen LogP contribution is 1.98. The number of aromatic amines is 2. The normalized spacial score (nSPS) is 11.7. The van der Waals surface area contributed by atoms with E-state index in [1.165, 1.54) is 12.5 Å². The summed E-state index contributed by atoms with van der Waals surface area (Å²) in [5.41, 5.74) is 5.54. The van der Waals surface area contributed by atoms with Crippen molar-refractivity contribution in [3.63, 3.8) is 0 Å². The van der Waals surface area contributed by atoms with Gasteiger partial charge in [-0.3, -0.25) is 14.7 Å². The standard InChI is InChI=1S/C5H4N4O.C5H11NO2S/c10-5-3-1-8-9-4(3)6-2-7-5;1-9-3-2-4(6)5(7)8/h1-2H,(H2,6,7,8,9,10);4H,2-3,6H2,1H3,(H,7,8)/t;4-/m.0/s1. The van der Waals surface area contributed by atoms with Crippen LogP contribution >= 0.6 is 11.8 Å². The van der Waals surface area contributed by atoms with E-state index in [9.17, 15) is 9.59 Å². The number of nitrogens with zero attached hydrogens (tertiary/aromatic N) is 2. The molecule has 0 bridgehead atoms. The van der Waals surface area contributed by atoms with E-state index in [0.29, 0.717) is 17.5 Å². The van der Waals surface area contributed by atoms with Crippen molar-refractivity contribution in [3.05, 3.63) is 22.9 Å². The first kappa shape index (κ1) is 15.2. The molecule has 2 aromatic rings. The van der Waals surface area contributed by atoms with Gasteiger partial charge in [0.05, 0.1) is 12.5 Å². The van der Waals surface area contributed by atoms with Crippen LogP contribution in [0.3, 0.4) is 0 Å². The van der Waals surface area contributed by atoms with E-state index in [4.69, 9.17) is 10.8 Å². The Balaban J connectivity index is 0.000000192. The number of thioether (sulfide) groups is 1. The van der Waals surface area contributed by atoms with Gasteiger partial charge in [0.1, 0.15) is 11.4 Å². The monoisotopic (exact) mass is 285 g/mol.